The Morgan fingerprint density at radius 2 is 1.65 bits per heavy atom. The number of carbonyl (C=O) groups is 1. The molecule has 4 rings (SSSR count). The third-order valence-electron chi connectivity index (χ3n) is 5.51. The summed E-state index contributed by atoms with van der Waals surface area (Å²) in [7, 11) is 0. The molecule has 1 fully saturated rings. The summed E-state index contributed by atoms with van der Waals surface area (Å²) in [6, 6.07) is 23.7. The van der Waals surface area contributed by atoms with Gasteiger partial charge in [0.05, 0.1) is 12.7 Å². The molecule has 6 heteroatoms. The first-order valence-electron chi connectivity index (χ1n) is 10.5. The molecule has 1 aliphatic heterocycles. The van der Waals surface area contributed by atoms with Crippen molar-refractivity contribution in [2.45, 2.75) is 31.5 Å². The summed E-state index contributed by atoms with van der Waals surface area (Å²) in [6.07, 6.45) is 0.143. The molecule has 0 radical (unpaired) electrons. The summed E-state index contributed by atoms with van der Waals surface area (Å²) in [5, 5.41) is 29.0. The minimum atomic E-state index is -1.83. The zero-order valence-electron chi connectivity index (χ0n) is 17.4. The third-order valence-corrected chi connectivity index (χ3v) is 5.51. The van der Waals surface area contributed by atoms with Crippen LogP contribution in [0.2, 0.25) is 0 Å². The fraction of sp³-hybridized carbons (Fsp3) is 0.320. The van der Waals surface area contributed by atoms with E-state index < -0.39 is 6.16 Å². The number of benzene rings is 3. The lowest BCUT2D eigenvalue weighted by Crippen LogP contribution is -2.40. The van der Waals surface area contributed by atoms with Crippen LogP contribution in [0.3, 0.4) is 0 Å². The van der Waals surface area contributed by atoms with Crippen molar-refractivity contribution >= 4 is 16.9 Å². The molecule has 0 aliphatic carbocycles. The second-order valence-electron chi connectivity index (χ2n) is 7.63. The van der Waals surface area contributed by atoms with Crippen LogP contribution in [0.5, 0.6) is 0 Å². The van der Waals surface area contributed by atoms with E-state index in [9.17, 15) is 0 Å². The average molecular weight is 424 g/mol. The van der Waals surface area contributed by atoms with E-state index in [0.29, 0.717) is 18.9 Å². The van der Waals surface area contributed by atoms with Crippen LogP contribution in [-0.2, 0) is 17.8 Å². The Labute approximate surface area is 182 Å². The van der Waals surface area contributed by atoms with Gasteiger partial charge in [-0.25, -0.2) is 4.79 Å². The van der Waals surface area contributed by atoms with Gasteiger partial charge in [-0.2, -0.15) is 0 Å². The van der Waals surface area contributed by atoms with Crippen molar-refractivity contribution in [1.29, 1.82) is 0 Å². The molecule has 1 heterocycles. The average Bonchev–Trinajstić information content (AvgIpc) is 2.78. The van der Waals surface area contributed by atoms with Crippen LogP contribution in [0.1, 0.15) is 29.0 Å². The Balaban J connectivity index is 0.000000628. The van der Waals surface area contributed by atoms with E-state index in [1.54, 1.807) is 0 Å². The molecule has 0 saturated carbocycles. The molecule has 2 unspecified atom stereocenters. The summed E-state index contributed by atoms with van der Waals surface area (Å²) < 4.78 is 6.36. The molecule has 4 N–H and O–H groups in total. The number of aliphatic hydroxyl groups excluding tert-OH is 1. The van der Waals surface area contributed by atoms with Crippen molar-refractivity contribution in [3.8, 4) is 0 Å². The number of piperidine rings is 1. The first kappa shape index (κ1) is 22.7. The van der Waals surface area contributed by atoms with Gasteiger partial charge in [0.25, 0.3) is 0 Å². The predicted molar refractivity (Wildman–Crippen MR) is 121 cm³/mol. The van der Waals surface area contributed by atoms with Crippen LogP contribution in [0.15, 0.2) is 66.7 Å². The molecule has 0 bridgehead atoms. The third kappa shape index (κ3) is 6.79. The summed E-state index contributed by atoms with van der Waals surface area (Å²) in [6.45, 7) is 2.75. The van der Waals surface area contributed by atoms with Crippen LogP contribution in [0, 0.1) is 0 Å². The Bertz CT molecular complexity index is 969. The van der Waals surface area contributed by atoms with Gasteiger partial charge < -0.3 is 25.4 Å². The van der Waals surface area contributed by atoms with E-state index >= 15 is 0 Å². The summed E-state index contributed by atoms with van der Waals surface area (Å²) in [5.74, 6) is 0.412. The van der Waals surface area contributed by atoms with Gasteiger partial charge in [0.2, 0.25) is 0 Å². The Morgan fingerprint density at radius 3 is 2.35 bits per heavy atom. The first-order valence-corrected chi connectivity index (χ1v) is 10.5. The van der Waals surface area contributed by atoms with Crippen LogP contribution in [0.4, 0.5) is 4.79 Å². The Kier molecular flexibility index (Phi) is 8.41. The number of aliphatic hydroxyl groups is 1. The van der Waals surface area contributed by atoms with Gasteiger partial charge in [0.15, 0.2) is 0 Å². The van der Waals surface area contributed by atoms with Gasteiger partial charge in [-0.05, 0) is 52.9 Å². The molecule has 3 aromatic carbocycles. The van der Waals surface area contributed by atoms with Gasteiger partial charge in [-0.1, -0.05) is 60.7 Å². The minimum absolute atomic E-state index is 0.175. The quantitative estimate of drug-likeness (QED) is 0.473. The van der Waals surface area contributed by atoms with Crippen molar-refractivity contribution in [3.63, 3.8) is 0 Å². The lowest BCUT2D eigenvalue weighted by atomic mass is 9.87. The maximum Gasteiger partial charge on any atom is 0.503 e. The summed E-state index contributed by atoms with van der Waals surface area (Å²) >= 11 is 0. The Hall–Kier alpha value is -2.93. The lowest BCUT2D eigenvalue weighted by molar-refractivity contribution is 0.0106. The van der Waals surface area contributed by atoms with E-state index in [1.807, 2.05) is 0 Å². The van der Waals surface area contributed by atoms with E-state index in [-0.39, 0.29) is 12.7 Å². The van der Waals surface area contributed by atoms with Gasteiger partial charge >= 0.3 is 6.16 Å². The molecule has 2 atom stereocenters. The monoisotopic (exact) mass is 423 g/mol. The standard InChI is InChI=1S/C24H27NO2.CH2O3/c26-14-12-18-5-9-21(10-6-18)23-11-13-25-16-24(23)27-17-19-7-8-20-3-1-2-4-22(20)15-19;2-1(3)4/h1-10,15,23-26H,11-14,16-17H2;(H2,2,3,4). The van der Waals surface area contributed by atoms with Crippen LogP contribution >= 0.6 is 0 Å². The molecular formula is C25H29NO5. The van der Waals surface area contributed by atoms with Gasteiger partial charge in [-0.15, -0.1) is 0 Å². The molecule has 6 nitrogen and oxygen atoms in total. The zero-order valence-corrected chi connectivity index (χ0v) is 17.4. The van der Waals surface area contributed by atoms with Crippen LogP contribution in [0.25, 0.3) is 10.8 Å². The smallest absolute Gasteiger partial charge is 0.450 e. The lowest BCUT2D eigenvalue weighted by Gasteiger charge is -2.32. The van der Waals surface area contributed by atoms with Crippen molar-refractivity contribution in [2.75, 3.05) is 19.7 Å². The number of ether oxygens (including phenoxy) is 1. The molecule has 1 saturated heterocycles. The van der Waals surface area contributed by atoms with E-state index in [4.69, 9.17) is 24.9 Å². The van der Waals surface area contributed by atoms with Crippen molar-refractivity contribution in [3.05, 3.63) is 83.4 Å². The topological polar surface area (TPSA) is 99.0 Å². The fourth-order valence-electron chi connectivity index (χ4n) is 3.98. The van der Waals surface area contributed by atoms with Gasteiger partial charge in [0, 0.05) is 19.1 Å². The normalized spacial score (nSPS) is 18.2. The zero-order chi connectivity index (χ0) is 22.1. The Morgan fingerprint density at radius 1 is 0.968 bits per heavy atom. The maximum absolute atomic E-state index is 9.10. The number of hydrogen-bond donors (Lipinski definition) is 4. The predicted octanol–water partition coefficient (Wildman–Crippen LogP) is 4.26. The summed E-state index contributed by atoms with van der Waals surface area (Å²) in [5.41, 5.74) is 3.74. The molecule has 0 spiro atoms. The van der Waals surface area contributed by atoms with Gasteiger partial charge in [0.1, 0.15) is 0 Å². The highest BCUT2D eigenvalue weighted by Gasteiger charge is 2.27. The summed E-state index contributed by atoms with van der Waals surface area (Å²) in [4.78, 5) is 8.56. The minimum Gasteiger partial charge on any atom is -0.450 e. The van der Waals surface area contributed by atoms with Crippen LogP contribution < -0.4 is 5.32 Å². The molecule has 164 valence electrons. The highest BCUT2D eigenvalue weighted by Crippen LogP contribution is 2.29. The molecular weight excluding hydrogens is 394 g/mol. The SMILES string of the molecule is O=C(O)O.OCCc1ccc(C2CCNCC2OCc2ccc3ccccc3c2)cc1. The number of nitrogens with one attached hydrogen (secondary N) is 1. The molecule has 31 heavy (non-hydrogen) atoms. The second kappa shape index (κ2) is 11.5. The largest absolute Gasteiger partial charge is 0.503 e. The number of carboxylic acid groups (broad SMARTS) is 2. The second-order valence-corrected chi connectivity index (χ2v) is 7.63. The molecule has 1 aliphatic rings. The highest BCUT2D eigenvalue weighted by molar-refractivity contribution is 5.82. The fourth-order valence-corrected chi connectivity index (χ4v) is 3.98. The van der Waals surface area contributed by atoms with E-state index in [0.717, 1.165) is 19.5 Å². The maximum atomic E-state index is 9.10. The number of rotatable bonds is 6. The first-order chi connectivity index (χ1) is 15.1. The molecule has 0 amide bonds. The molecule has 0 aromatic heterocycles. The number of hydrogen-bond acceptors (Lipinski definition) is 4. The van der Waals surface area contributed by atoms with Gasteiger partial charge in [-0.3, -0.25) is 0 Å². The van der Waals surface area contributed by atoms with Crippen molar-refractivity contribution in [1.82, 2.24) is 5.32 Å². The number of fused-ring (bicyclic) bond motifs is 1. The van der Waals surface area contributed by atoms with E-state index in [1.165, 1.54) is 27.5 Å². The highest BCUT2D eigenvalue weighted by atomic mass is 16.6. The van der Waals surface area contributed by atoms with Crippen molar-refractivity contribution in [2.24, 2.45) is 0 Å². The van der Waals surface area contributed by atoms with E-state index in [2.05, 4.69) is 72.0 Å². The molecule has 3 aromatic rings. The van der Waals surface area contributed by atoms with Crippen LogP contribution in [-0.4, -0.2) is 47.3 Å². The van der Waals surface area contributed by atoms with Crippen molar-refractivity contribution < 1.29 is 24.9 Å².